The number of nitrogens with zero attached hydrogens (tertiary/aromatic N) is 1. The minimum Gasteiger partial charge on any atom is -0.452 e. The number of hydrogen-bond acceptors (Lipinski definition) is 5. The number of urea groups is 1. The summed E-state index contributed by atoms with van der Waals surface area (Å²) in [6.07, 6.45) is 0. The molecule has 0 bridgehead atoms. The van der Waals surface area contributed by atoms with Crippen LogP contribution >= 0.6 is 0 Å². The lowest BCUT2D eigenvalue weighted by atomic mass is 10.3. The summed E-state index contributed by atoms with van der Waals surface area (Å²) in [5, 5.41) is 15.3. The summed E-state index contributed by atoms with van der Waals surface area (Å²) in [6, 6.07) is 8.21. The quantitative estimate of drug-likeness (QED) is 0.525. The molecule has 0 aliphatic carbocycles. The van der Waals surface area contributed by atoms with Gasteiger partial charge in [-0.05, 0) is 12.1 Å². The van der Waals surface area contributed by atoms with E-state index >= 15 is 0 Å². The van der Waals surface area contributed by atoms with E-state index in [0.29, 0.717) is 19.0 Å². The van der Waals surface area contributed by atoms with Crippen LogP contribution < -0.4 is 21.1 Å². The molecule has 1 aliphatic rings. The third-order valence-electron chi connectivity index (χ3n) is 2.93. The largest absolute Gasteiger partial charge is 0.452 e. The topological polar surface area (TPSA) is 99.9 Å². The Morgan fingerprint density at radius 2 is 2.26 bits per heavy atom. The van der Waals surface area contributed by atoms with Gasteiger partial charge in [0.1, 0.15) is 12.4 Å². The molecule has 2 rings (SSSR count). The van der Waals surface area contributed by atoms with E-state index in [1.54, 1.807) is 17.0 Å². The van der Waals surface area contributed by atoms with Crippen molar-refractivity contribution in [3.05, 3.63) is 30.3 Å². The van der Waals surface area contributed by atoms with Crippen molar-refractivity contribution in [1.82, 2.24) is 15.5 Å². The van der Waals surface area contributed by atoms with Gasteiger partial charge in [0.25, 0.3) is 5.85 Å². The van der Waals surface area contributed by atoms with Crippen LogP contribution in [0, 0.1) is 0 Å². The van der Waals surface area contributed by atoms with Gasteiger partial charge in [0.15, 0.2) is 0 Å². The lowest BCUT2D eigenvalue weighted by Gasteiger charge is -2.39. The normalized spacial score (nSPS) is 18.8. The van der Waals surface area contributed by atoms with Crippen LogP contribution in [0.1, 0.15) is 0 Å². The second-order valence-electron chi connectivity index (χ2n) is 4.27. The Hall–Kier alpha value is -1.83. The highest BCUT2D eigenvalue weighted by atomic mass is 16.5. The molecule has 0 radical (unpaired) electrons. The molecule has 1 aliphatic heterocycles. The van der Waals surface area contributed by atoms with E-state index in [0.717, 1.165) is 6.54 Å². The molecule has 1 aromatic carbocycles. The molecular weight excluding hydrogens is 248 g/mol. The third-order valence-corrected chi connectivity index (χ3v) is 2.93. The van der Waals surface area contributed by atoms with E-state index < -0.39 is 18.5 Å². The molecule has 1 saturated heterocycles. The standard InChI is InChI=1S/C12H18N4O3/c13-11(18)15-12(8-17,16-7-6-14-9-16)19-10-4-2-1-3-5-10/h1-5,14,17H,6-9H2,(H3,13,15,18). The van der Waals surface area contributed by atoms with Crippen molar-refractivity contribution in [1.29, 1.82) is 0 Å². The van der Waals surface area contributed by atoms with E-state index in [9.17, 15) is 9.90 Å². The van der Waals surface area contributed by atoms with Crippen LogP contribution in [0.25, 0.3) is 0 Å². The number of nitrogens with one attached hydrogen (secondary N) is 2. The molecule has 1 aromatic rings. The molecule has 2 amide bonds. The van der Waals surface area contributed by atoms with Crippen LogP contribution in [-0.2, 0) is 0 Å². The summed E-state index contributed by atoms with van der Waals surface area (Å²) < 4.78 is 5.77. The maximum atomic E-state index is 11.2. The van der Waals surface area contributed by atoms with E-state index in [4.69, 9.17) is 10.5 Å². The van der Waals surface area contributed by atoms with Crippen molar-refractivity contribution in [2.45, 2.75) is 5.85 Å². The Labute approximate surface area is 111 Å². The first kappa shape index (κ1) is 13.6. The van der Waals surface area contributed by atoms with Gasteiger partial charge in [-0.15, -0.1) is 0 Å². The maximum absolute atomic E-state index is 11.2. The van der Waals surface area contributed by atoms with Crippen LogP contribution in [0.4, 0.5) is 4.79 Å². The zero-order chi connectivity index (χ0) is 13.7. The van der Waals surface area contributed by atoms with Crippen LogP contribution in [0.5, 0.6) is 5.75 Å². The molecule has 0 aromatic heterocycles. The van der Waals surface area contributed by atoms with Crippen molar-refractivity contribution in [2.75, 3.05) is 26.4 Å². The van der Waals surface area contributed by atoms with Gasteiger partial charge in [0, 0.05) is 13.1 Å². The summed E-state index contributed by atoms with van der Waals surface area (Å²) in [7, 11) is 0. The summed E-state index contributed by atoms with van der Waals surface area (Å²) in [6.45, 7) is 1.47. The molecule has 5 N–H and O–H groups in total. The van der Waals surface area contributed by atoms with Crippen molar-refractivity contribution in [3.8, 4) is 5.75 Å². The minimum absolute atomic E-state index is 0.410. The molecule has 0 spiro atoms. The third kappa shape index (κ3) is 3.14. The van der Waals surface area contributed by atoms with Crippen LogP contribution in [0.2, 0.25) is 0 Å². The van der Waals surface area contributed by atoms with E-state index in [2.05, 4.69) is 10.6 Å². The molecule has 1 unspecified atom stereocenters. The molecule has 19 heavy (non-hydrogen) atoms. The molecular formula is C12H18N4O3. The van der Waals surface area contributed by atoms with Crippen LogP contribution in [0.15, 0.2) is 30.3 Å². The lowest BCUT2D eigenvalue weighted by Crippen LogP contribution is -2.67. The van der Waals surface area contributed by atoms with E-state index in [1.807, 2.05) is 18.2 Å². The molecule has 104 valence electrons. The number of ether oxygens (including phenoxy) is 1. The Balaban J connectivity index is 2.23. The van der Waals surface area contributed by atoms with E-state index in [1.165, 1.54) is 0 Å². The van der Waals surface area contributed by atoms with Crippen molar-refractivity contribution in [2.24, 2.45) is 5.73 Å². The highest BCUT2D eigenvalue weighted by Gasteiger charge is 2.41. The number of para-hydroxylation sites is 1. The van der Waals surface area contributed by atoms with Gasteiger partial charge in [-0.1, -0.05) is 18.2 Å². The van der Waals surface area contributed by atoms with Gasteiger partial charge < -0.3 is 20.9 Å². The number of primary amides is 1. The Morgan fingerprint density at radius 1 is 1.53 bits per heavy atom. The molecule has 7 heteroatoms. The number of nitrogens with two attached hydrogens (primary N) is 1. The summed E-state index contributed by atoms with van der Waals surface area (Å²) in [5.74, 6) is -0.811. The predicted octanol–water partition coefficient (Wildman–Crippen LogP) is -0.758. The molecule has 1 heterocycles. The summed E-state index contributed by atoms with van der Waals surface area (Å²) in [5.41, 5.74) is 5.19. The second kappa shape index (κ2) is 5.87. The number of aliphatic hydroxyl groups excluding tert-OH is 1. The van der Waals surface area contributed by atoms with Gasteiger partial charge in [-0.25, -0.2) is 9.69 Å². The Kier molecular flexibility index (Phi) is 4.20. The predicted molar refractivity (Wildman–Crippen MR) is 69.2 cm³/mol. The average Bonchev–Trinajstić information content (AvgIpc) is 2.93. The number of amides is 2. The smallest absolute Gasteiger partial charge is 0.316 e. The Bertz CT molecular complexity index is 422. The van der Waals surface area contributed by atoms with Crippen LogP contribution in [0.3, 0.4) is 0 Å². The van der Waals surface area contributed by atoms with Gasteiger partial charge >= 0.3 is 6.03 Å². The SMILES string of the molecule is NC(=O)NC(CO)(Oc1ccccc1)N1CCNC1. The molecule has 1 atom stereocenters. The fourth-order valence-electron chi connectivity index (χ4n) is 2.03. The number of benzene rings is 1. The minimum atomic E-state index is -1.35. The number of aliphatic hydroxyl groups is 1. The van der Waals surface area contributed by atoms with Crippen molar-refractivity contribution < 1.29 is 14.6 Å². The number of carbonyl (C=O) groups is 1. The van der Waals surface area contributed by atoms with Gasteiger partial charge in [-0.3, -0.25) is 5.32 Å². The van der Waals surface area contributed by atoms with Gasteiger partial charge in [0.2, 0.25) is 0 Å². The van der Waals surface area contributed by atoms with Gasteiger partial charge in [-0.2, -0.15) is 0 Å². The Morgan fingerprint density at radius 3 is 2.79 bits per heavy atom. The maximum Gasteiger partial charge on any atom is 0.316 e. The lowest BCUT2D eigenvalue weighted by molar-refractivity contribution is -0.123. The number of carbonyl (C=O) groups excluding carboxylic acids is 1. The highest BCUT2D eigenvalue weighted by Crippen LogP contribution is 2.20. The van der Waals surface area contributed by atoms with Gasteiger partial charge in [0.05, 0.1) is 6.67 Å². The fraction of sp³-hybridized carbons (Fsp3) is 0.417. The fourth-order valence-corrected chi connectivity index (χ4v) is 2.03. The first-order chi connectivity index (χ1) is 9.16. The van der Waals surface area contributed by atoms with Crippen molar-refractivity contribution in [3.63, 3.8) is 0 Å². The summed E-state index contributed by atoms with van der Waals surface area (Å²) >= 11 is 0. The summed E-state index contributed by atoms with van der Waals surface area (Å²) in [4.78, 5) is 13.0. The zero-order valence-electron chi connectivity index (χ0n) is 10.5. The first-order valence-corrected chi connectivity index (χ1v) is 6.04. The number of hydrogen-bond donors (Lipinski definition) is 4. The zero-order valence-corrected chi connectivity index (χ0v) is 10.5. The molecule has 1 fully saturated rings. The molecule has 7 nitrogen and oxygen atoms in total. The molecule has 0 saturated carbocycles. The first-order valence-electron chi connectivity index (χ1n) is 6.04. The number of rotatable bonds is 5. The van der Waals surface area contributed by atoms with Crippen molar-refractivity contribution >= 4 is 6.03 Å². The highest BCUT2D eigenvalue weighted by molar-refractivity contribution is 5.72. The second-order valence-corrected chi connectivity index (χ2v) is 4.27. The van der Waals surface area contributed by atoms with Crippen LogP contribution in [-0.4, -0.2) is 48.3 Å². The van der Waals surface area contributed by atoms with E-state index in [-0.39, 0.29) is 0 Å². The monoisotopic (exact) mass is 266 g/mol. The average molecular weight is 266 g/mol.